The molecule has 0 aliphatic carbocycles. The molecule has 2 N–H and O–H groups in total. The van der Waals surface area contributed by atoms with Crippen molar-refractivity contribution in [2.45, 2.75) is 11.4 Å². The molecule has 0 amide bonds. The second-order valence-corrected chi connectivity index (χ2v) is 5.32. The van der Waals surface area contributed by atoms with Crippen LogP contribution in [0.1, 0.15) is 5.56 Å². The Balaban J connectivity index is 1.74. The van der Waals surface area contributed by atoms with Crippen molar-refractivity contribution in [3.8, 4) is 0 Å². The molecule has 0 unspecified atom stereocenters. The van der Waals surface area contributed by atoms with Gasteiger partial charge < -0.3 is 10.3 Å². The highest BCUT2D eigenvalue weighted by atomic mass is 32.2. The third kappa shape index (κ3) is 2.61. The van der Waals surface area contributed by atoms with Gasteiger partial charge in [0.2, 0.25) is 0 Å². The average Bonchev–Trinajstić information content (AvgIpc) is 2.89. The number of benzene rings is 2. The van der Waals surface area contributed by atoms with Gasteiger partial charge in [0, 0.05) is 34.2 Å². The lowest BCUT2D eigenvalue weighted by atomic mass is 10.2. The normalized spacial score (nSPS) is 10.8. The van der Waals surface area contributed by atoms with E-state index in [0.717, 1.165) is 12.2 Å². The Morgan fingerprint density at radius 3 is 2.63 bits per heavy atom. The van der Waals surface area contributed by atoms with E-state index in [0.29, 0.717) is 0 Å². The first-order valence-corrected chi connectivity index (χ1v) is 7.52. The molecule has 96 valence electrons. The first kappa shape index (κ1) is 12.2. The van der Waals surface area contributed by atoms with Crippen LogP contribution in [-0.4, -0.2) is 11.2 Å². The van der Waals surface area contributed by atoms with Crippen molar-refractivity contribution in [2.24, 2.45) is 0 Å². The molecule has 2 aromatic carbocycles. The molecular formula is C16H16N2S. The van der Waals surface area contributed by atoms with Gasteiger partial charge in [-0.05, 0) is 42.2 Å². The summed E-state index contributed by atoms with van der Waals surface area (Å²) in [7, 11) is 0. The maximum absolute atomic E-state index is 3.46. The summed E-state index contributed by atoms with van der Waals surface area (Å²) in [5, 5.41) is 4.75. The van der Waals surface area contributed by atoms with E-state index in [4.69, 9.17) is 0 Å². The standard InChI is InChI=1S/C16H16N2S/c1-19-14-8-6-13(7-9-14)17-10-12-11-18-16-5-3-2-4-15(12)16/h2-9,11,17-18H,10H2,1H3. The summed E-state index contributed by atoms with van der Waals surface area (Å²) >= 11 is 1.76. The molecule has 0 aliphatic rings. The lowest BCUT2D eigenvalue weighted by Gasteiger charge is -2.06. The third-order valence-corrected chi connectivity index (χ3v) is 3.99. The minimum atomic E-state index is 0.836. The highest BCUT2D eigenvalue weighted by Gasteiger charge is 2.02. The number of para-hydroxylation sites is 1. The first-order valence-electron chi connectivity index (χ1n) is 6.30. The number of nitrogens with one attached hydrogen (secondary N) is 2. The zero-order valence-electron chi connectivity index (χ0n) is 10.8. The van der Waals surface area contributed by atoms with Crippen molar-refractivity contribution < 1.29 is 0 Å². The molecule has 3 rings (SSSR count). The van der Waals surface area contributed by atoms with Crippen LogP contribution in [0.5, 0.6) is 0 Å². The number of hydrogen-bond acceptors (Lipinski definition) is 2. The lowest BCUT2D eigenvalue weighted by molar-refractivity contribution is 1.16. The van der Waals surface area contributed by atoms with E-state index in [1.54, 1.807) is 11.8 Å². The molecule has 0 aliphatic heterocycles. The lowest BCUT2D eigenvalue weighted by Crippen LogP contribution is -1.98. The zero-order valence-corrected chi connectivity index (χ0v) is 11.6. The number of fused-ring (bicyclic) bond motifs is 1. The minimum Gasteiger partial charge on any atom is -0.381 e. The molecule has 0 atom stereocenters. The number of rotatable bonds is 4. The minimum absolute atomic E-state index is 0.836. The Kier molecular flexibility index (Phi) is 3.47. The fourth-order valence-electron chi connectivity index (χ4n) is 2.18. The van der Waals surface area contributed by atoms with Crippen molar-refractivity contribution in [3.05, 3.63) is 60.3 Å². The highest BCUT2D eigenvalue weighted by molar-refractivity contribution is 7.98. The third-order valence-electron chi connectivity index (χ3n) is 3.25. The second-order valence-electron chi connectivity index (χ2n) is 4.44. The van der Waals surface area contributed by atoms with Crippen LogP contribution in [0.25, 0.3) is 10.9 Å². The summed E-state index contributed by atoms with van der Waals surface area (Å²) in [6.07, 6.45) is 4.17. The van der Waals surface area contributed by atoms with E-state index >= 15 is 0 Å². The van der Waals surface area contributed by atoms with Crippen molar-refractivity contribution >= 4 is 28.4 Å². The molecule has 0 saturated carbocycles. The smallest absolute Gasteiger partial charge is 0.0457 e. The van der Waals surface area contributed by atoms with Gasteiger partial charge >= 0.3 is 0 Å². The number of aromatic nitrogens is 1. The number of hydrogen-bond donors (Lipinski definition) is 2. The molecule has 3 aromatic rings. The predicted molar refractivity (Wildman–Crippen MR) is 83.8 cm³/mol. The number of H-pyrrole nitrogens is 1. The molecule has 0 spiro atoms. The number of aromatic amines is 1. The van der Waals surface area contributed by atoms with Crippen molar-refractivity contribution in [3.63, 3.8) is 0 Å². The predicted octanol–water partition coefficient (Wildman–Crippen LogP) is 4.50. The topological polar surface area (TPSA) is 27.8 Å². The summed E-state index contributed by atoms with van der Waals surface area (Å²) in [6.45, 7) is 0.836. The molecule has 0 saturated heterocycles. The van der Waals surface area contributed by atoms with Gasteiger partial charge in [-0.15, -0.1) is 11.8 Å². The summed E-state index contributed by atoms with van der Waals surface area (Å²) in [5.41, 5.74) is 3.64. The molecule has 0 fully saturated rings. The van der Waals surface area contributed by atoms with Gasteiger partial charge in [-0.3, -0.25) is 0 Å². The number of anilines is 1. The Bertz CT molecular complexity index is 671. The summed E-state index contributed by atoms with van der Waals surface area (Å²) in [6, 6.07) is 16.9. The van der Waals surface area contributed by atoms with Crippen molar-refractivity contribution in [1.82, 2.24) is 4.98 Å². The Morgan fingerprint density at radius 1 is 1.05 bits per heavy atom. The maximum Gasteiger partial charge on any atom is 0.0457 e. The van der Waals surface area contributed by atoms with E-state index in [9.17, 15) is 0 Å². The van der Waals surface area contributed by atoms with Crippen LogP contribution in [-0.2, 0) is 6.54 Å². The first-order chi connectivity index (χ1) is 9.36. The van der Waals surface area contributed by atoms with Gasteiger partial charge in [0.15, 0.2) is 0 Å². The molecule has 1 aromatic heterocycles. The van der Waals surface area contributed by atoms with Gasteiger partial charge in [-0.2, -0.15) is 0 Å². The molecule has 19 heavy (non-hydrogen) atoms. The maximum atomic E-state index is 3.46. The SMILES string of the molecule is CSc1ccc(NCc2c[nH]c3ccccc23)cc1. The van der Waals surface area contributed by atoms with Crippen LogP contribution in [0.3, 0.4) is 0 Å². The van der Waals surface area contributed by atoms with Crippen LogP contribution in [0.15, 0.2) is 59.6 Å². The average molecular weight is 268 g/mol. The monoisotopic (exact) mass is 268 g/mol. The van der Waals surface area contributed by atoms with Crippen LogP contribution in [0, 0.1) is 0 Å². The fourth-order valence-corrected chi connectivity index (χ4v) is 2.59. The molecule has 0 radical (unpaired) electrons. The van der Waals surface area contributed by atoms with Crippen molar-refractivity contribution in [2.75, 3.05) is 11.6 Å². The summed E-state index contributed by atoms with van der Waals surface area (Å²) < 4.78 is 0. The van der Waals surface area contributed by atoms with Crippen LogP contribution >= 0.6 is 11.8 Å². The summed E-state index contributed by atoms with van der Waals surface area (Å²) in [5.74, 6) is 0. The second kappa shape index (κ2) is 5.41. The Morgan fingerprint density at radius 2 is 1.84 bits per heavy atom. The van der Waals surface area contributed by atoms with E-state index in [2.05, 4.69) is 71.3 Å². The molecule has 1 heterocycles. The Hall–Kier alpha value is -1.87. The number of thioether (sulfide) groups is 1. The van der Waals surface area contributed by atoms with Gasteiger partial charge in [0.1, 0.15) is 0 Å². The molecular weight excluding hydrogens is 252 g/mol. The van der Waals surface area contributed by atoms with Gasteiger partial charge in [-0.25, -0.2) is 0 Å². The molecule has 3 heteroatoms. The van der Waals surface area contributed by atoms with Gasteiger partial charge in [0.25, 0.3) is 0 Å². The molecule has 0 bridgehead atoms. The van der Waals surface area contributed by atoms with Gasteiger partial charge in [-0.1, -0.05) is 18.2 Å². The summed E-state index contributed by atoms with van der Waals surface area (Å²) in [4.78, 5) is 4.59. The zero-order chi connectivity index (χ0) is 13.1. The van der Waals surface area contributed by atoms with Crippen molar-refractivity contribution in [1.29, 1.82) is 0 Å². The molecule has 2 nitrogen and oxygen atoms in total. The van der Waals surface area contributed by atoms with E-state index in [1.807, 2.05) is 0 Å². The fraction of sp³-hybridized carbons (Fsp3) is 0.125. The van der Waals surface area contributed by atoms with E-state index in [1.165, 1.54) is 21.4 Å². The Labute approximate surface area is 117 Å². The van der Waals surface area contributed by atoms with Crippen LogP contribution < -0.4 is 5.32 Å². The van der Waals surface area contributed by atoms with Crippen LogP contribution in [0.4, 0.5) is 5.69 Å². The van der Waals surface area contributed by atoms with Gasteiger partial charge in [0.05, 0.1) is 0 Å². The van der Waals surface area contributed by atoms with E-state index in [-0.39, 0.29) is 0 Å². The largest absolute Gasteiger partial charge is 0.381 e. The highest BCUT2D eigenvalue weighted by Crippen LogP contribution is 2.21. The van der Waals surface area contributed by atoms with E-state index < -0.39 is 0 Å². The van der Waals surface area contributed by atoms with Crippen LogP contribution in [0.2, 0.25) is 0 Å². The quantitative estimate of drug-likeness (QED) is 0.682.